The van der Waals surface area contributed by atoms with E-state index >= 15 is 0 Å². The van der Waals surface area contributed by atoms with Crippen LogP contribution in [0.1, 0.15) is 5.82 Å². The van der Waals surface area contributed by atoms with Crippen molar-refractivity contribution < 1.29 is 8.42 Å². The van der Waals surface area contributed by atoms with Gasteiger partial charge in [-0.15, -0.1) is 10.2 Å². The van der Waals surface area contributed by atoms with Gasteiger partial charge in [-0.2, -0.15) is 0 Å². The first kappa shape index (κ1) is 14.9. The van der Waals surface area contributed by atoms with Crippen molar-refractivity contribution in [3.8, 4) is 0 Å². The lowest BCUT2D eigenvalue weighted by atomic mass is 10.3. The summed E-state index contributed by atoms with van der Waals surface area (Å²) in [7, 11) is -1.75. The van der Waals surface area contributed by atoms with Crippen molar-refractivity contribution in [1.82, 2.24) is 19.5 Å². The molecule has 0 saturated heterocycles. The van der Waals surface area contributed by atoms with Gasteiger partial charge in [-0.1, -0.05) is 0 Å². The predicted octanol–water partition coefficient (Wildman–Crippen LogP) is 0.681. The summed E-state index contributed by atoms with van der Waals surface area (Å²) in [5.41, 5.74) is 6.12. The molecule has 0 bridgehead atoms. The molecule has 0 amide bonds. The van der Waals surface area contributed by atoms with Crippen molar-refractivity contribution in [2.24, 2.45) is 7.05 Å². The Morgan fingerprint density at radius 1 is 1.45 bits per heavy atom. The van der Waals surface area contributed by atoms with Crippen LogP contribution in [0.25, 0.3) is 0 Å². The second-order valence-electron chi connectivity index (χ2n) is 4.19. The van der Waals surface area contributed by atoms with Crippen molar-refractivity contribution in [3.63, 3.8) is 0 Å². The summed E-state index contributed by atoms with van der Waals surface area (Å²) in [6.07, 6.45) is 2.03. The van der Waals surface area contributed by atoms with Crippen LogP contribution in [0, 0.1) is 0 Å². The zero-order valence-electron chi connectivity index (χ0n) is 10.7. The summed E-state index contributed by atoms with van der Waals surface area (Å²) >= 11 is 3.21. The van der Waals surface area contributed by atoms with Gasteiger partial charge in [0.1, 0.15) is 12.2 Å². The number of sulfonamides is 1. The molecule has 0 unspecified atom stereocenters. The number of nitrogens with one attached hydrogen (secondary N) is 1. The highest BCUT2D eigenvalue weighted by Crippen LogP contribution is 2.22. The fourth-order valence-corrected chi connectivity index (χ4v) is 3.18. The lowest BCUT2D eigenvalue weighted by molar-refractivity contribution is 0.580. The molecular weight excluding hydrogens is 346 g/mol. The van der Waals surface area contributed by atoms with Crippen molar-refractivity contribution >= 4 is 31.6 Å². The molecule has 9 heteroatoms. The first-order valence-electron chi connectivity index (χ1n) is 5.78. The number of hydrogen-bond donors (Lipinski definition) is 2. The Labute approximate surface area is 125 Å². The van der Waals surface area contributed by atoms with Crippen molar-refractivity contribution in [1.29, 1.82) is 0 Å². The molecule has 0 fully saturated rings. The number of nitrogen functional groups attached to an aromatic ring is 1. The molecule has 108 valence electrons. The van der Waals surface area contributed by atoms with Crippen LogP contribution in [0.5, 0.6) is 0 Å². The van der Waals surface area contributed by atoms with E-state index in [4.69, 9.17) is 5.73 Å². The van der Waals surface area contributed by atoms with E-state index in [1.54, 1.807) is 24.0 Å². The van der Waals surface area contributed by atoms with E-state index in [0.29, 0.717) is 22.4 Å². The topological polar surface area (TPSA) is 103 Å². The molecule has 2 aromatic rings. The minimum atomic E-state index is -3.56. The molecule has 2 rings (SSSR count). The SMILES string of the molecule is Cn1cnnc1CCNS(=O)(=O)c1ccc(N)c(Br)c1. The third-order valence-corrected chi connectivity index (χ3v) is 4.87. The van der Waals surface area contributed by atoms with Crippen LogP contribution in [0.2, 0.25) is 0 Å². The quantitative estimate of drug-likeness (QED) is 0.764. The number of halogens is 1. The highest BCUT2D eigenvalue weighted by Gasteiger charge is 2.15. The fraction of sp³-hybridized carbons (Fsp3) is 0.273. The average Bonchev–Trinajstić information content (AvgIpc) is 2.78. The molecule has 0 aliphatic rings. The van der Waals surface area contributed by atoms with E-state index in [1.165, 1.54) is 12.1 Å². The minimum absolute atomic E-state index is 0.163. The number of hydrogen-bond acceptors (Lipinski definition) is 5. The first-order valence-corrected chi connectivity index (χ1v) is 8.05. The number of aromatic nitrogens is 3. The molecule has 1 heterocycles. The van der Waals surface area contributed by atoms with E-state index in [1.807, 2.05) is 0 Å². The van der Waals surface area contributed by atoms with E-state index in [9.17, 15) is 8.42 Å². The summed E-state index contributed by atoms with van der Waals surface area (Å²) in [5.74, 6) is 0.714. The van der Waals surface area contributed by atoms with E-state index in [2.05, 4.69) is 30.8 Å². The minimum Gasteiger partial charge on any atom is -0.398 e. The average molecular weight is 360 g/mol. The first-order chi connectivity index (χ1) is 9.40. The molecule has 0 atom stereocenters. The predicted molar refractivity (Wildman–Crippen MR) is 78.4 cm³/mol. The summed E-state index contributed by atoms with van der Waals surface area (Å²) in [6, 6.07) is 4.48. The number of benzene rings is 1. The Balaban J connectivity index is 2.04. The number of anilines is 1. The van der Waals surface area contributed by atoms with Crippen LogP contribution < -0.4 is 10.5 Å². The summed E-state index contributed by atoms with van der Waals surface area (Å²) in [5, 5.41) is 7.62. The molecule has 0 aliphatic heterocycles. The molecule has 3 N–H and O–H groups in total. The molecule has 1 aromatic heterocycles. The van der Waals surface area contributed by atoms with Gasteiger partial charge in [-0.3, -0.25) is 0 Å². The highest BCUT2D eigenvalue weighted by molar-refractivity contribution is 9.10. The monoisotopic (exact) mass is 359 g/mol. The van der Waals surface area contributed by atoms with Gasteiger partial charge in [0.2, 0.25) is 10.0 Å². The van der Waals surface area contributed by atoms with Crippen LogP contribution in [-0.2, 0) is 23.5 Å². The Morgan fingerprint density at radius 3 is 2.80 bits per heavy atom. The van der Waals surface area contributed by atoms with E-state index < -0.39 is 10.0 Å². The molecule has 7 nitrogen and oxygen atoms in total. The number of aryl methyl sites for hydroxylation is 1. The fourth-order valence-electron chi connectivity index (χ4n) is 1.59. The molecule has 20 heavy (non-hydrogen) atoms. The van der Waals surface area contributed by atoms with Gasteiger partial charge in [-0.25, -0.2) is 13.1 Å². The lowest BCUT2D eigenvalue weighted by Gasteiger charge is -2.08. The Kier molecular flexibility index (Phi) is 4.41. The van der Waals surface area contributed by atoms with Gasteiger partial charge in [0.05, 0.1) is 4.90 Å². The number of nitrogens with two attached hydrogens (primary N) is 1. The van der Waals surface area contributed by atoms with Crippen LogP contribution in [0.4, 0.5) is 5.69 Å². The zero-order valence-corrected chi connectivity index (χ0v) is 13.1. The van der Waals surface area contributed by atoms with Crippen LogP contribution >= 0.6 is 15.9 Å². The Morgan fingerprint density at radius 2 is 2.20 bits per heavy atom. The Bertz CT molecular complexity index is 713. The summed E-state index contributed by atoms with van der Waals surface area (Å²) in [4.78, 5) is 0.163. The third-order valence-electron chi connectivity index (χ3n) is 2.73. The normalized spacial score (nSPS) is 11.7. The van der Waals surface area contributed by atoms with Crippen LogP contribution in [0.15, 0.2) is 33.9 Å². The van der Waals surface area contributed by atoms with Crippen molar-refractivity contribution in [2.75, 3.05) is 12.3 Å². The molecule has 0 saturated carbocycles. The molecule has 1 aromatic carbocycles. The molecule has 0 spiro atoms. The molecular formula is C11H14BrN5O2S. The zero-order chi connectivity index (χ0) is 14.8. The largest absolute Gasteiger partial charge is 0.398 e. The number of rotatable bonds is 5. The van der Waals surface area contributed by atoms with Gasteiger partial charge < -0.3 is 10.3 Å². The van der Waals surface area contributed by atoms with Crippen molar-refractivity contribution in [2.45, 2.75) is 11.3 Å². The third kappa shape index (κ3) is 3.35. The van der Waals surface area contributed by atoms with Gasteiger partial charge >= 0.3 is 0 Å². The van der Waals surface area contributed by atoms with E-state index in [-0.39, 0.29) is 11.4 Å². The Hall–Kier alpha value is -1.45. The smallest absolute Gasteiger partial charge is 0.240 e. The van der Waals surface area contributed by atoms with Gasteiger partial charge in [0.15, 0.2) is 0 Å². The van der Waals surface area contributed by atoms with Crippen molar-refractivity contribution in [3.05, 3.63) is 34.8 Å². The second kappa shape index (κ2) is 5.90. The standard InChI is InChI=1S/C11H14BrN5O2S/c1-17-7-14-16-11(17)4-5-15-20(18,19)8-2-3-10(13)9(12)6-8/h2-3,6-7,15H,4-5,13H2,1H3. The molecule has 0 radical (unpaired) electrons. The maximum absolute atomic E-state index is 12.1. The maximum atomic E-state index is 12.1. The van der Waals surface area contributed by atoms with Gasteiger partial charge in [0, 0.05) is 30.2 Å². The van der Waals surface area contributed by atoms with Crippen LogP contribution in [0.3, 0.4) is 0 Å². The summed E-state index contributed by atoms with van der Waals surface area (Å²) in [6.45, 7) is 0.247. The second-order valence-corrected chi connectivity index (χ2v) is 6.81. The molecule has 0 aliphatic carbocycles. The lowest BCUT2D eigenvalue weighted by Crippen LogP contribution is -2.26. The highest BCUT2D eigenvalue weighted by atomic mass is 79.9. The van der Waals surface area contributed by atoms with E-state index in [0.717, 1.165) is 0 Å². The number of nitrogens with zero attached hydrogens (tertiary/aromatic N) is 3. The maximum Gasteiger partial charge on any atom is 0.240 e. The van der Waals surface area contributed by atoms with Gasteiger partial charge in [0.25, 0.3) is 0 Å². The summed E-state index contributed by atoms with van der Waals surface area (Å²) < 4.78 is 29.0. The van der Waals surface area contributed by atoms with Crippen LogP contribution in [-0.4, -0.2) is 29.7 Å². The van der Waals surface area contributed by atoms with Gasteiger partial charge in [-0.05, 0) is 34.1 Å².